The fourth-order valence-electron chi connectivity index (χ4n) is 2.79. The van der Waals surface area contributed by atoms with Gasteiger partial charge in [0.1, 0.15) is 5.82 Å². The topological polar surface area (TPSA) is 34.1 Å². The van der Waals surface area contributed by atoms with Crippen LogP contribution in [0.25, 0.3) is 0 Å². The van der Waals surface area contributed by atoms with Gasteiger partial charge in [0, 0.05) is 24.3 Å². The summed E-state index contributed by atoms with van der Waals surface area (Å²) in [5, 5.41) is 3.53. The zero-order valence-corrected chi connectivity index (χ0v) is 12.1. The van der Waals surface area contributed by atoms with Gasteiger partial charge >= 0.3 is 0 Å². The third-order valence-electron chi connectivity index (χ3n) is 4.10. The maximum Gasteiger partial charge on any atom is 0.217 e. The highest BCUT2D eigenvalue weighted by Crippen LogP contribution is 2.37. The van der Waals surface area contributed by atoms with Gasteiger partial charge in [0.15, 0.2) is 0 Å². The number of benzene rings is 1. The molecule has 110 valence electrons. The highest BCUT2D eigenvalue weighted by molar-refractivity contribution is 5.26. The van der Waals surface area contributed by atoms with Crippen molar-refractivity contribution in [2.45, 2.75) is 31.3 Å². The Morgan fingerprint density at radius 1 is 1.24 bits per heavy atom. The Labute approximate surface area is 124 Å². The van der Waals surface area contributed by atoms with Crippen molar-refractivity contribution in [3.63, 3.8) is 0 Å². The number of hydrogen-bond donors (Lipinski definition) is 1. The number of pyridine rings is 1. The van der Waals surface area contributed by atoms with Crippen molar-refractivity contribution in [2.75, 3.05) is 7.11 Å². The van der Waals surface area contributed by atoms with E-state index in [0.717, 1.165) is 24.9 Å². The van der Waals surface area contributed by atoms with E-state index in [1.165, 1.54) is 17.7 Å². The van der Waals surface area contributed by atoms with Gasteiger partial charge in [-0.3, -0.25) is 0 Å². The van der Waals surface area contributed by atoms with Crippen molar-refractivity contribution < 1.29 is 9.13 Å². The average Bonchev–Trinajstić information content (AvgIpc) is 2.48. The molecule has 1 aliphatic carbocycles. The summed E-state index contributed by atoms with van der Waals surface area (Å²) < 4.78 is 18.1. The largest absolute Gasteiger partial charge is 0.481 e. The van der Waals surface area contributed by atoms with Crippen molar-refractivity contribution in [3.8, 4) is 5.88 Å². The van der Waals surface area contributed by atoms with Crippen LogP contribution in [0.1, 0.15) is 29.9 Å². The second kappa shape index (κ2) is 6.22. The minimum absolute atomic E-state index is 0.170. The van der Waals surface area contributed by atoms with E-state index in [4.69, 9.17) is 4.74 Å². The van der Waals surface area contributed by atoms with Gasteiger partial charge in [0.25, 0.3) is 0 Å². The first-order valence-corrected chi connectivity index (χ1v) is 7.23. The number of hydrogen-bond acceptors (Lipinski definition) is 3. The van der Waals surface area contributed by atoms with Crippen LogP contribution < -0.4 is 10.1 Å². The van der Waals surface area contributed by atoms with Crippen LogP contribution >= 0.6 is 0 Å². The van der Waals surface area contributed by atoms with Crippen molar-refractivity contribution in [3.05, 3.63) is 59.5 Å². The van der Waals surface area contributed by atoms with Crippen LogP contribution in [-0.2, 0) is 6.54 Å². The third kappa shape index (κ3) is 3.22. The molecule has 0 spiro atoms. The van der Waals surface area contributed by atoms with Gasteiger partial charge in [-0.05, 0) is 42.5 Å². The average molecular weight is 286 g/mol. The Hall–Kier alpha value is -1.94. The van der Waals surface area contributed by atoms with Crippen LogP contribution in [0.15, 0.2) is 42.6 Å². The molecule has 1 aliphatic rings. The fourth-order valence-corrected chi connectivity index (χ4v) is 2.79. The number of ether oxygens (including phenoxy) is 1. The van der Waals surface area contributed by atoms with E-state index in [1.807, 2.05) is 24.3 Å². The molecule has 2 aromatic rings. The highest BCUT2D eigenvalue weighted by Gasteiger charge is 2.29. The molecule has 21 heavy (non-hydrogen) atoms. The predicted molar refractivity (Wildman–Crippen MR) is 79.8 cm³/mol. The summed E-state index contributed by atoms with van der Waals surface area (Å²) in [7, 11) is 1.64. The maximum absolute atomic E-state index is 12.9. The van der Waals surface area contributed by atoms with E-state index in [-0.39, 0.29) is 5.82 Å². The Morgan fingerprint density at radius 2 is 2.00 bits per heavy atom. The van der Waals surface area contributed by atoms with Gasteiger partial charge in [0.2, 0.25) is 5.88 Å². The molecule has 0 atom stereocenters. The molecule has 0 bridgehead atoms. The highest BCUT2D eigenvalue weighted by atomic mass is 19.1. The molecule has 1 N–H and O–H groups in total. The quantitative estimate of drug-likeness (QED) is 0.916. The monoisotopic (exact) mass is 286 g/mol. The molecule has 1 saturated carbocycles. The lowest BCUT2D eigenvalue weighted by Gasteiger charge is -2.36. The van der Waals surface area contributed by atoms with Gasteiger partial charge in [-0.2, -0.15) is 0 Å². The maximum atomic E-state index is 12.9. The second-order valence-corrected chi connectivity index (χ2v) is 5.47. The van der Waals surface area contributed by atoms with E-state index in [2.05, 4.69) is 10.3 Å². The van der Waals surface area contributed by atoms with Gasteiger partial charge in [-0.25, -0.2) is 9.37 Å². The van der Waals surface area contributed by atoms with Crippen LogP contribution in [0.2, 0.25) is 0 Å². The minimum atomic E-state index is -0.170. The Bertz CT molecular complexity index is 594. The predicted octanol–water partition coefficient (Wildman–Crippen LogP) is 3.27. The Morgan fingerprint density at radius 3 is 2.71 bits per heavy atom. The molecule has 1 aromatic carbocycles. The summed E-state index contributed by atoms with van der Waals surface area (Å²) in [6, 6.07) is 11.3. The van der Waals surface area contributed by atoms with E-state index < -0.39 is 0 Å². The molecular weight excluding hydrogens is 267 g/mol. The zero-order valence-electron chi connectivity index (χ0n) is 12.1. The van der Waals surface area contributed by atoms with Gasteiger partial charge in [-0.15, -0.1) is 0 Å². The second-order valence-electron chi connectivity index (χ2n) is 5.47. The molecule has 1 heterocycles. The Balaban J connectivity index is 1.50. The van der Waals surface area contributed by atoms with Gasteiger partial charge < -0.3 is 10.1 Å². The molecule has 0 amide bonds. The smallest absolute Gasteiger partial charge is 0.217 e. The van der Waals surface area contributed by atoms with Crippen molar-refractivity contribution in [1.29, 1.82) is 0 Å². The minimum Gasteiger partial charge on any atom is -0.481 e. The van der Waals surface area contributed by atoms with E-state index in [1.54, 1.807) is 13.3 Å². The number of nitrogens with one attached hydrogen (secondary N) is 1. The molecule has 1 fully saturated rings. The summed E-state index contributed by atoms with van der Waals surface area (Å²) in [4.78, 5) is 4.19. The van der Waals surface area contributed by atoms with E-state index in [9.17, 15) is 4.39 Å². The summed E-state index contributed by atoms with van der Waals surface area (Å²) in [6.07, 6.45) is 3.92. The van der Waals surface area contributed by atoms with Crippen LogP contribution in [0.4, 0.5) is 4.39 Å². The summed E-state index contributed by atoms with van der Waals surface area (Å²) >= 11 is 0. The lowest BCUT2D eigenvalue weighted by molar-refractivity contribution is 0.287. The molecule has 0 unspecified atom stereocenters. The molecule has 0 radical (unpaired) electrons. The van der Waals surface area contributed by atoms with Crippen molar-refractivity contribution in [1.82, 2.24) is 10.3 Å². The van der Waals surface area contributed by atoms with Crippen molar-refractivity contribution >= 4 is 0 Å². The Kier molecular flexibility index (Phi) is 4.15. The SMILES string of the molecule is COc1ncccc1CNC1CC(c2ccc(F)cc2)C1. The number of methoxy groups -OCH3 is 1. The van der Waals surface area contributed by atoms with Crippen LogP contribution in [0.5, 0.6) is 5.88 Å². The van der Waals surface area contributed by atoms with E-state index in [0.29, 0.717) is 17.8 Å². The third-order valence-corrected chi connectivity index (χ3v) is 4.10. The molecule has 0 aliphatic heterocycles. The first-order valence-electron chi connectivity index (χ1n) is 7.23. The first kappa shape index (κ1) is 14.0. The molecule has 3 nitrogen and oxygen atoms in total. The molecule has 1 aromatic heterocycles. The van der Waals surface area contributed by atoms with Crippen LogP contribution in [0, 0.1) is 5.82 Å². The lowest BCUT2D eigenvalue weighted by Crippen LogP contribution is -2.39. The molecule has 3 rings (SSSR count). The fraction of sp³-hybridized carbons (Fsp3) is 0.353. The van der Waals surface area contributed by atoms with E-state index >= 15 is 0 Å². The summed E-state index contributed by atoms with van der Waals surface area (Å²) in [6.45, 7) is 0.762. The first-order chi connectivity index (χ1) is 10.3. The summed E-state index contributed by atoms with van der Waals surface area (Å²) in [5.41, 5.74) is 2.30. The number of nitrogens with zero attached hydrogens (tertiary/aromatic N) is 1. The molecule has 4 heteroatoms. The summed E-state index contributed by atoms with van der Waals surface area (Å²) in [5.74, 6) is 1.05. The van der Waals surface area contributed by atoms with Crippen LogP contribution in [0.3, 0.4) is 0 Å². The lowest BCUT2D eigenvalue weighted by atomic mass is 9.76. The standard InChI is InChI=1S/C17H19FN2O/c1-21-17-13(3-2-8-19-17)11-20-16-9-14(10-16)12-4-6-15(18)7-5-12/h2-8,14,16,20H,9-11H2,1H3. The molecular formula is C17H19FN2O. The normalized spacial score (nSPS) is 20.9. The van der Waals surface area contributed by atoms with Crippen LogP contribution in [-0.4, -0.2) is 18.1 Å². The zero-order chi connectivity index (χ0) is 14.7. The number of aromatic nitrogens is 1. The van der Waals surface area contributed by atoms with Gasteiger partial charge in [-0.1, -0.05) is 18.2 Å². The van der Waals surface area contributed by atoms with Crippen molar-refractivity contribution in [2.24, 2.45) is 0 Å². The number of halogens is 1. The molecule has 0 saturated heterocycles. The number of rotatable bonds is 5. The van der Waals surface area contributed by atoms with Gasteiger partial charge in [0.05, 0.1) is 7.11 Å².